The summed E-state index contributed by atoms with van der Waals surface area (Å²) in [6, 6.07) is 44.8. The average molecular weight is 835 g/mol. The van der Waals surface area contributed by atoms with E-state index in [2.05, 4.69) is 171 Å². The normalized spacial score (nSPS) is 12.0. The summed E-state index contributed by atoms with van der Waals surface area (Å²) in [5, 5.41) is 2.39. The van der Waals surface area contributed by atoms with Crippen LogP contribution in [0.15, 0.2) is 103 Å². The Labute approximate surface area is 313 Å². The number of aromatic nitrogens is 2. The van der Waals surface area contributed by atoms with Crippen molar-refractivity contribution >= 4 is 21.8 Å². The number of nitrogens with zero attached hydrogens (tertiary/aromatic N) is 2. The molecule has 0 N–H and O–H groups in total. The summed E-state index contributed by atoms with van der Waals surface area (Å²) in [4.78, 5) is 10.6. The zero-order valence-corrected chi connectivity index (χ0v) is 32.6. The van der Waals surface area contributed by atoms with E-state index in [1.165, 1.54) is 38.6 Å². The maximum Gasteiger partial charge on any atom is 3.00 e. The molecule has 0 bridgehead atoms. The van der Waals surface area contributed by atoms with E-state index in [0.29, 0.717) is 0 Å². The topological polar surface area (TPSA) is 27.0 Å². The number of pyridine rings is 1. The summed E-state index contributed by atoms with van der Waals surface area (Å²) in [6.45, 7) is 18.0. The van der Waals surface area contributed by atoms with Crippen LogP contribution in [0.3, 0.4) is 0 Å². The summed E-state index contributed by atoms with van der Waals surface area (Å²) < 4.78 is 0. The van der Waals surface area contributed by atoms with Gasteiger partial charge in [0.05, 0.1) is 5.69 Å². The van der Waals surface area contributed by atoms with Crippen molar-refractivity contribution in [1.82, 2.24) is 9.97 Å². The predicted octanol–water partition coefficient (Wildman–Crippen LogP) is 12.3. The van der Waals surface area contributed by atoms with Crippen LogP contribution in [0.1, 0.15) is 77.6 Å². The first-order chi connectivity index (χ1) is 23.4. The number of hydrogen-bond acceptors (Lipinski definition) is 1. The Morgan fingerprint density at radius 2 is 1.26 bits per heavy atom. The average Bonchev–Trinajstić information content (AvgIpc) is 3.48. The molecule has 254 valence electrons. The maximum absolute atomic E-state index is 5.36. The quantitative estimate of drug-likeness (QED) is 0.123. The Morgan fingerprint density at radius 1 is 0.600 bits per heavy atom. The molecule has 0 saturated carbocycles. The smallest absolute Gasteiger partial charge is 0.656 e. The summed E-state index contributed by atoms with van der Waals surface area (Å²) in [5.41, 5.74) is 15.4. The second-order valence-electron chi connectivity index (χ2n) is 15.4. The molecular formula is C47H45AuN2. The largest absolute Gasteiger partial charge is 3.00 e. The number of rotatable bonds is 6. The Morgan fingerprint density at radius 3 is 1.92 bits per heavy atom. The third-order valence-corrected chi connectivity index (χ3v) is 9.80. The molecule has 5 aromatic carbocycles. The zero-order valence-electron chi connectivity index (χ0n) is 30.4. The van der Waals surface area contributed by atoms with Gasteiger partial charge in [-0.25, -0.2) is 5.56 Å². The molecule has 0 saturated heterocycles. The number of hydrogen-bond donors (Lipinski definition) is 0. The van der Waals surface area contributed by atoms with Gasteiger partial charge in [-0.15, -0.1) is 34.3 Å². The molecule has 7 aromatic rings. The van der Waals surface area contributed by atoms with E-state index in [1.54, 1.807) is 0 Å². The van der Waals surface area contributed by atoms with Crippen molar-refractivity contribution in [1.29, 1.82) is 0 Å². The van der Waals surface area contributed by atoms with Crippen LogP contribution in [0.4, 0.5) is 0 Å². The second kappa shape index (κ2) is 13.8. The van der Waals surface area contributed by atoms with Crippen molar-refractivity contribution < 1.29 is 22.4 Å². The van der Waals surface area contributed by atoms with Gasteiger partial charge in [-0.1, -0.05) is 134 Å². The minimum absolute atomic E-state index is 0. The third kappa shape index (κ3) is 7.03. The fourth-order valence-corrected chi connectivity index (χ4v) is 6.56. The molecule has 3 heteroatoms. The van der Waals surface area contributed by atoms with Crippen LogP contribution in [0, 0.1) is 12.1 Å². The summed E-state index contributed by atoms with van der Waals surface area (Å²) in [5.74, 6) is 0. The van der Waals surface area contributed by atoms with Gasteiger partial charge in [0, 0.05) is 5.69 Å². The molecule has 2 heterocycles. The third-order valence-electron chi connectivity index (χ3n) is 9.80. The van der Waals surface area contributed by atoms with E-state index in [4.69, 9.17) is 9.97 Å². The van der Waals surface area contributed by atoms with Gasteiger partial charge in [-0.3, -0.25) is 4.98 Å². The molecule has 0 aliphatic rings. The fourth-order valence-electron chi connectivity index (χ4n) is 6.56. The van der Waals surface area contributed by atoms with Crippen LogP contribution in [0.5, 0.6) is 0 Å². The molecule has 2 aromatic heterocycles. The molecule has 50 heavy (non-hydrogen) atoms. The molecule has 0 atom stereocenters. The molecule has 0 aliphatic carbocycles. The second-order valence-corrected chi connectivity index (χ2v) is 15.4. The Balaban J connectivity index is 0.00000432. The predicted molar refractivity (Wildman–Crippen MR) is 208 cm³/mol. The monoisotopic (exact) mass is 834 g/mol. The van der Waals surface area contributed by atoms with E-state index < -0.39 is 0 Å². The summed E-state index contributed by atoms with van der Waals surface area (Å²) in [7, 11) is 0. The molecule has 0 radical (unpaired) electrons. The van der Waals surface area contributed by atoms with Gasteiger partial charge in [0.1, 0.15) is 0 Å². The number of fused-ring (bicyclic) bond motifs is 3. The van der Waals surface area contributed by atoms with Gasteiger partial charge in [-0.2, -0.15) is 35.9 Å². The van der Waals surface area contributed by atoms with Gasteiger partial charge in [0.25, 0.3) is 0 Å². The van der Waals surface area contributed by atoms with E-state index in [0.717, 1.165) is 63.1 Å². The molecule has 2 nitrogen and oxygen atoms in total. The molecule has 7 rings (SSSR count). The van der Waals surface area contributed by atoms with Crippen LogP contribution in [-0.4, -0.2) is 4.98 Å². The molecule has 0 amide bonds. The van der Waals surface area contributed by atoms with Crippen molar-refractivity contribution in [3.63, 3.8) is 0 Å². The summed E-state index contributed by atoms with van der Waals surface area (Å²) in [6.07, 6.45) is 2.01. The van der Waals surface area contributed by atoms with Crippen LogP contribution >= 0.6 is 0 Å². The molecule has 0 aliphatic heterocycles. The van der Waals surface area contributed by atoms with Gasteiger partial charge in [0.15, 0.2) is 0 Å². The van der Waals surface area contributed by atoms with Crippen molar-refractivity contribution in [2.75, 3.05) is 0 Å². The molecule has 0 unspecified atom stereocenters. The first-order valence-electron chi connectivity index (χ1n) is 17.6. The standard InChI is InChI=1S/C47H45N2.Au/c1-9-30-14-18-32(19-15-30)34-24-35(33-20-16-31(10-2)17-21-33)26-36(25-34)42-12-11-13-43(48-42)41-29-38(47(6,7)8)28-40-39-27-37(46(3,4)5)22-23-44(39)49-45(40)41;/h11-20,22-25,27-29H,9-10H2,1-8H3;/q-3;+3. The van der Waals surface area contributed by atoms with Crippen LogP contribution in [-0.2, 0) is 46.1 Å². The molecular weight excluding hydrogens is 789 g/mol. The number of aryl methyl sites for hydroxylation is 2. The first-order valence-corrected chi connectivity index (χ1v) is 17.6. The molecule has 0 spiro atoms. The fraction of sp³-hybridized carbons (Fsp3) is 0.255. The van der Waals surface area contributed by atoms with Gasteiger partial charge in [-0.05, 0) is 61.9 Å². The minimum atomic E-state index is -0.0417. The van der Waals surface area contributed by atoms with Gasteiger partial charge in [0.2, 0.25) is 0 Å². The van der Waals surface area contributed by atoms with Gasteiger partial charge < -0.3 is 4.98 Å². The Kier molecular flexibility index (Phi) is 9.85. The van der Waals surface area contributed by atoms with E-state index in [1.807, 2.05) is 0 Å². The molecule has 0 fully saturated rings. The maximum atomic E-state index is 5.36. The van der Waals surface area contributed by atoms with E-state index in [9.17, 15) is 0 Å². The van der Waals surface area contributed by atoms with Crippen molar-refractivity contribution in [2.24, 2.45) is 0 Å². The summed E-state index contributed by atoms with van der Waals surface area (Å²) >= 11 is 0. The van der Waals surface area contributed by atoms with E-state index >= 15 is 0 Å². The SMILES string of the molecule is CCc1c[c-]c(-c2[c-]c(-c3cccc(-c4cc(C(C)(C)C)cc5c4[n-]c4ccc(C(C)(C)C)cc45)n3)cc(-c3ccc(CC)cc3)c2)cc1.[Au+3]. The minimum Gasteiger partial charge on any atom is -0.656 e. The Hall–Kier alpha value is -4.21. The first kappa shape index (κ1) is 35.6. The van der Waals surface area contributed by atoms with Crippen molar-refractivity contribution in [2.45, 2.75) is 79.1 Å². The van der Waals surface area contributed by atoms with Crippen LogP contribution < -0.4 is 4.98 Å². The van der Waals surface area contributed by atoms with Crippen molar-refractivity contribution in [3.8, 4) is 44.8 Å². The van der Waals surface area contributed by atoms with E-state index in [-0.39, 0.29) is 33.2 Å². The van der Waals surface area contributed by atoms with Crippen LogP contribution in [0.25, 0.3) is 66.6 Å². The van der Waals surface area contributed by atoms with Crippen LogP contribution in [0.2, 0.25) is 0 Å². The Bertz CT molecular complexity index is 2230. The van der Waals surface area contributed by atoms with Gasteiger partial charge >= 0.3 is 22.4 Å². The zero-order chi connectivity index (χ0) is 34.5. The number of benzene rings is 5. The van der Waals surface area contributed by atoms with Crippen molar-refractivity contribution in [3.05, 3.63) is 138 Å².